The van der Waals surface area contributed by atoms with Crippen molar-refractivity contribution < 1.29 is 9.90 Å². The number of rotatable bonds is 4. The maximum absolute atomic E-state index is 11.4. The molecule has 1 aliphatic rings. The van der Waals surface area contributed by atoms with Crippen molar-refractivity contribution in [2.75, 3.05) is 18.0 Å². The Morgan fingerprint density at radius 2 is 1.72 bits per heavy atom. The standard InChI is InChI=1S/C20H26N2O2S/c1-13-10-15(3)16(11-14(13)2)19-17(12-18(23)24)25-20(21-19)22-8-6-4-5-7-9-22/h10-11H,4-9,12H2,1-3H3,(H,23,24). The van der Waals surface area contributed by atoms with Gasteiger partial charge in [0.15, 0.2) is 5.13 Å². The van der Waals surface area contributed by atoms with Crippen molar-refractivity contribution >= 4 is 22.4 Å². The molecule has 0 spiro atoms. The zero-order valence-corrected chi connectivity index (χ0v) is 16.1. The Morgan fingerprint density at radius 1 is 1.08 bits per heavy atom. The van der Waals surface area contributed by atoms with Gasteiger partial charge in [0.25, 0.3) is 0 Å². The van der Waals surface area contributed by atoms with Crippen LogP contribution in [0.15, 0.2) is 12.1 Å². The number of carbonyl (C=O) groups is 1. The molecule has 1 aliphatic heterocycles. The summed E-state index contributed by atoms with van der Waals surface area (Å²) in [5, 5.41) is 10.3. The summed E-state index contributed by atoms with van der Waals surface area (Å²) in [4.78, 5) is 19.5. The van der Waals surface area contributed by atoms with E-state index in [9.17, 15) is 9.90 Å². The average molecular weight is 359 g/mol. The van der Waals surface area contributed by atoms with Crippen LogP contribution in [0.1, 0.15) is 47.3 Å². The van der Waals surface area contributed by atoms with Crippen LogP contribution in [0, 0.1) is 20.8 Å². The largest absolute Gasteiger partial charge is 0.481 e. The number of hydrogen-bond donors (Lipinski definition) is 1. The fourth-order valence-corrected chi connectivity index (χ4v) is 4.54. The van der Waals surface area contributed by atoms with Crippen LogP contribution in [0.2, 0.25) is 0 Å². The van der Waals surface area contributed by atoms with Gasteiger partial charge >= 0.3 is 5.97 Å². The smallest absolute Gasteiger partial charge is 0.308 e. The number of carboxylic acid groups (broad SMARTS) is 1. The SMILES string of the molecule is Cc1cc(C)c(-c2nc(N3CCCCCC3)sc2CC(=O)O)cc1C. The minimum absolute atomic E-state index is 0.0349. The van der Waals surface area contributed by atoms with E-state index in [1.165, 1.54) is 36.8 Å². The van der Waals surface area contributed by atoms with Gasteiger partial charge in [-0.3, -0.25) is 4.79 Å². The van der Waals surface area contributed by atoms with Crippen LogP contribution in [-0.2, 0) is 11.2 Å². The first-order chi connectivity index (χ1) is 12.0. The van der Waals surface area contributed by atoms with Crippen LogP contribution < -0.4 is 4.90 Å². The highest BCUT2D eigenvalue weighted by atomic mass is 32.1. The highest BCUT2D eigenvalue weighted by Crippen LogP contribution is 2.36. The molecule has 0 saturated carbocycles. The maximum atomic E-state index is 11.4. The molecule has 0 bridgehead atoms. The number of aryl methyl sites for hydroxylation is 3. The Morgan fingerprint density at radius 3 is 2.36 bits per heavy atom. The maximum Gasteiger partial charge on any atom is 0.308 e. The van der Waals surface area contributed by atoms with Crippen LogP contribution in [0.5, 0.6) is 0 Å². The van der Waals surface area contributed by atoms with Gasteiger partial charge in [0, 0.05) is 23.5 Å². The Kier molecular flexibility index (Phi) is 5.42. The van der Waals surface area contributed by atoms with Gasteiger partial charge in [0.05, 0.1) is 12.1 Å². The summed E-state index contributed by atoms with van der Waals surface area (Å²) in [5.74, 6) is -0.797. The predicted octanol–water partition coefficient (Wildman–Crippen LogP) is 4.74. The molecule has 1 aromatic heterocycles. The summed E-state index contributed by atoms with van der Waals surface area (Å²) < 4.78 is 0. The van der Waals surface area contributed by atoms with E-state index in [1.54, 1.807) is 11.3 Å². The molecule has 0 atom stereocenters. The topological polar surface area (TPSA) is 53.4 Å². The van der Waals surface area contributed by atoms with E-state index < -0.39 is 5.97 Å². The average Bonchev–Trinajstić information content (AvgIpc) is 2.78. The van der Waals surface area contributed by atoms with Crippen LogP contribution in [0.25, 0.3) is 11.3 Å². The number of hydrogen-bond acceptors (Lipinski definition) is 4. The van der Waals surface area contributed by atoms with Crippen molar-refractivity contribution in [3.05, 3.63) is 33.7 Å². The van der Waals surface area contributed by atoms with Gasteiger partial charge in [0.2, 0.25) is 0 Å². The van der Waals surface area contributed by atoms with Crippen LogP contribution >= 0.6 is 11.3 Å². The first kappa shape index (κ1) is 17.9. The second-order valence-corrected chi connectivity index (χ2v) is 8.05. The third-order valence-corrected chi connectivity index (χ3v) is 6.09. The molecular formula is C20H26N2O2S. The summed E-state index contributed by atoms with van der Waals surface area (Å²) >= 11 is 1.55. The van der Waals surface area contributed by atoms with E-state index in [0.717, 1.165) is 39.9 Å². The van der Waals surface area contributed by atoms with E-state index in [2.05, 4.69) is 37.8 Å². The number of anilines is 1. The summed E-state index contributed by atoms with van der Waals surface area (Å²) in [5.41, 5.74) is 5.54. The van der Waals surface area contributed by atoms with Crippen molar-refractivity contribution in [1.82, 2.24) is 4.98 Å². The lowest BCUT2D eigenvalue weighted by atomic mass is 9.98. The summed E-state index contributed by atoms with van der Waals surface area (Å²) in [6.45, 7) is 8.32. The molecule has 4 nitrogen and oxygen atoms in total. The molecule has 0 unspecified atom stereocenters. The highest BCUT2D eigenvalue weighted by molar-refractivity contribution is 7.16. The first-order valence-corrected chi connectivity index (χ1v) is 9.82. The van der Waals surface area contributed by atoms with Crippen molar-refractivity contribution in [2.45, 2.75) is 52.9 Å². The Hall–Kier alpha value is -1.88. The molecule has 0 amide bonds. The van der Waals surface area contributed by atoms with E-state index >= 15 is 0 Å². The zero-order valence-electron chi connectivity index (χ0n) is 15.3. The van der Waals surface area contributed by atoms with Gasteiger partial charge in [-0.05, 0) is 56.4 Å². The van der Waals surface area contributed by atoms with Crippen molar-refractivity contribution in [2.24, 2.45) is 0 Å². The molecule has 0 radical (unpaired) electrons. The molecule has 1 aromatic carbocycles. The van der Waals surface area contributed by atoms with Gasteiger partial charge in [-0.25, -0.2) is 4.98 Å². The van der Waals surface area contributed by atoms with Crippen LogP contribution in [-0.4, -0.2) is 29.1 Å². The molecule has 1 saturated heterocycles. The number of thiazole rings is 1. The number of carboxylic acids is 1. The lowest BCUT2D eigenvalue weighted by Gasteiger charge is -2.18. The molecule has 25 heavy (non-hydrogen) atoms. The van der Waals surface area contributed by atoms with Crippen LogP contribution in [0.4, 0.5) is 5.13 Å². The number of aliphatic carboxylic acids is 1. The third kappa shape index (κ3) is 4.03. The normalized spacial score (nSPS) is 15.2. The van der Waals surface area contributed by atoms with E-state index in [-0.39, 0.29) is 6.42 Å². The quantitative estimate of drug-likeness (QED) is 0.857. The van der Waals surface area contributed by atoms with Gasteiger partial charge in [-0.1, -0.05) is 18.9 Å². The van der Waals surface area contributed by atoms with Crippen LogP contribution in [0.3, 0.4) is 0 Å². The van der Waals surface area contributed by atoms with Gasteiger partial charge in [-0.15, -0.1) is 11.3 Å². The Bertz CT molecular complexity index is 774. The minimum Gasteiger partial charge on any atom is -0.481 e. The second kappa shape index (κ2) is 7.56. The van der Waals surface area contributed by atoms with Gasteiger partial charge in [-0.2, -0.15) is 0 Å². The fourth-order valence-electron chi connectivity index (χ4n) is 3.42. The monoisotopic (exact) mass is 358 g/mol. The number of benzene rings is 1. The van der Waals surface area contributed by atoms with Crippen molar-refractivity contribution in [3.63, 3.8) is 0 Å². The molecule has 134 valence electrons. The molecule has 2 aromatic rings. The van der Waals surface area contributed by atoms with Gasteiger partial charge < -0.3 is 10.0 Å². The highest BCUT2D eigenvalue weighted by Gasteiger charge is 2.21. The Balaban J connectivity index is 2.05. The predicted molar refractivity (Wildman–Crippen MR) is 104 cm³/mol. The molecule has 3 rings (SSSR count). The number of aromatic nitrogens is 1. The summed E-state index contributed by atoms with van der Waals surface area (Å²) in [6, 6.07) is 4.32. The fraction of sp³-hybridized carbons (Fsp3) is 0.500. The molecule has 0 aliphatic carbocycles. The van der Waals surface area contributed by atoms with Crippen molar-refractivity contribution in [1.29, 1.82) is 0 Å². The molecule has 1 N–H and O–H groups in total. The Labute approximate surface area is 153 Å². The van der Waals surface area contributed by atoms with Crippen molar-refractivity contribution in [3.8, 4) is 11.3 Å². The summed E-state index contributed by atoms with van der Waals surface area (Å²) in [6.07, 6.45) is 4.95. The first-order valence-electron chi connectivity index (χ1n) is 9.00. The lowest BCUT2D eigenvalue weighted by Crippen LogP contribution is -2.23. The second-order valence-electron chi connectivity index (χ2n) is 6.99. The molecule has 5 heteroatoms. The van der Waals surface area contributed by atoms with E-state index in [0.29, 0.717) is 0 Å². The number of nitrogens with zero attached hydrogens (tertiary/aromatic N) is 2. The molecule has 2 heterocycles. The lowest BCUT2D eigenvalue weighted by molar-refractivity contribution is -0.136. The molecule has 1 fully saturated rings. The third-order valence-electron chi connectivity index (χ3n) is 4.97. The molecular weight excluding hydrogens is 332 g/mol. The van der Waals surface area contributed by atoms with Gasteiger partial charge in [0.1, 0.15) is 0 Å². The zero-order chi connectivity index (χ0) is 18.0. The van der Waals surface area contributed by atoms with E-state index in [4.69, 9.17) is 4.98 Å². The minimum atomic E-state index is -0.797. The van der Waals surface area contributed by atoms with E-state index in [1.807, 2.05) is 0 Å². The summed E-state index contributed by atoms with van der Waals surface area (Å²) in [7, 11) is 0.